The lowest BCUT2D eigenvalue weighted by Crippen LogP contribution is -2.09. The quantitative estimate of drug-likeness (QED) is 0.744. The minimum Gasteiger partial charge on any atom is -0.293 e. The van der Waals surface area contributed by atoms with Gasteiger partial charge in [0.05, 0.1) is 12.0 Å². The molecule has 0 spiro atoms. The molecule has 1 saturated heterocycles. The predicted octanol–water partition coefficient (Wildman–Crippen LogP) is 4.30. The summed E-state index contributed by atoms with van der Waals surface area (Å²) in [7, 11) is 0. The Hall–Kier alpha value is -1.82. The minimum absolute atomic E-state index is 0.0996. The van der Waals surface area contributed by atoms with Crippen LogP contribution in [-0.2, 0) is 13.0 Å². The SMILES string of the molecule is N#CC(Cc1ccccc1)CC1CN1Cc1ccc(Cl)cc1. The van der Waals surface area contributed by atoms with Crippen molar-refractivity contribution in [2.24, 2.45) is 5.92 Å². The first-order chi connectivity index (χ1) is 10.7. The van der Waals surface area contributed by atoms with Gasteiger partial charge in [0.1, 0.15) is 0 Å². The molecule has 1 aliphatic heterocycles. The van der Waals surface area contributed by atoms with E-state index in [9.17, 15) is 5.26 Å². The average molecular weight is 311 g/mol. The fraction of sp³-hybridized carbons (Fsp3) is 0.316. The van der Waals surface area contributed by atoms with Gasteiger partial charge < -0.3 is 0 Å². The zero-order valence-corrected chi connectivity index (χ0v) is 13.2. The lowest BCUT2D eigenvalue weighted by molar-refractivity contribution is 0.454. The summed E-state index contributed by atoms with van der Waals surface area (Å²) in [4.78, 5) is 2.42. The summed E-state index contributed by atoms with van der Waals surface area (Å²) in [6, 6.07) is 21.3. The fourth-order valence-electron chi connectivity index (χ4n) is 2.87. The summed E-state index contributed by atoms with van der Waals surface area (Å²) in [5, 5.41) is 10.2. The zero-order chi connectivity index (χ0) is 15.4. The maximum Gasteiger partial charge on any atom is 0.0659 e. The second-order valence-corrected chi connectivity index (χ2v) is 6.40. The van der Waals surface area contributed by atoms with Crippen LogP contribution in [0, 0.1) is 17.2 Å². The van der Waals surface area contributed by atoms with E-state index < -0.39 is 0 Å². The Morgan fingerprint density at radius 2 is 1.82 bits per heavy atom. The summed E-state index contributed by atoms with van der Waals surface area (Å²) in [5.74, 6) is 0.0996. The van der Waals surface area contributed by atoms with Crippen molar-refractivity contribution >= 4 is 11.6 Å². The highest BCUT2D eigenvalue weighted by Crippen LogP contribution is 2.28. The fourth-order valence-corrected chi connectivity index (χ4v) is 3.00. The smallest absolute Gasteiger partial charge is 0.0659 e. The second kappa shape index (κ2) is 6.96. The van der Waals surface area contributed by atoms with Gasteiger partial charge in [0.25, 0.3) is 0 Å². The van der Waals surface area contributed by atoms with Gasteiger partial charge in [-0.3, -0.25) is 4.90 Å². The molecule has 3 atom stereocenters. The molecule has 0 N–H and O–H groups in total. The largest absolute Gasteiger partial charge is 0.293 e. The molecule has 0 aromatic heterocycles. The van der Waals surface area contributed by atoms with E-state index in [2.05, 4.69) is 35.2 Å². The molecule has 2 aromatic carbocycles. The molecule has 112 valence electrons. The normalized spacial score (nSPS) is 21.1. The molecule has 2 nitrogen and oxygen atoms in total. The summed E-state index contributed by atoms with van der Waals surface area (Å²) >= 11 is 5.91. The zero-order valence-electron chi connectivity index (χ0n) is 12.5. The van der Waals surface area contributed by atoms with Crippen molar-refractivity contribution in [1.82, 2.24) is 4.90 Å². The minimum atomic E-state index is 0.0996. The molecule has 3 heteroatoms. The van der Waals surface area contributed by atoms with Crippen LogP contribution in [0.25, 0.3) is 0 Å². The van der Waals surface area contributed by atoms with Gasteiger partial charge in [-0.05, 0) is 36.1 Å². The van der Waals surface area contributed by atoms with Crippen molar-refractivity contribution in [2.45, 2.75) is 25.4 Å². The first-order valence-electron chi connectivity index (χ1n) is 7.66. The molecule has 3 unspecified atom stereocenters. The summed E-state index contributed by atoms with van der Waals surface area (Å²) in [6.45, 7) is 2.04. The third kappa shape index (κ3) is 4.10. The van der Waals surface area contributed by atoms with Crippen LogP contribution < -0.4 is 0 Å². The van der Waals surface area contributed by atoms with Crippen LogP contribution in [0.2, 0.25) is 5.02 Å². The Kier molecular flexibility index (Phi) is 4.77. The van der Waals surface area contributed by atoms with Crippen LogP contribution in [0.3, 0.4) is 0 Å². The van der Waals surface area contributed by atoms with Gasteiger partial charge in [0, 0.05) is 24.2 Å². The Morgan fingerprint density at radius 3 is 2.50 bits per heavy atom. The van der Waals surface area contributed by atoms with E-state index in [0.717, 1.165) is 31.0 Å². The van der Waals surface area contributed by atoms with Crippen molar-refractivity contribution in [3.05, 3.63) is 70.7 Å². The molecule has 2 aromatic rings. The van der Waals surface area contributed by atoms with Gasteiger partial charge in [0.2, 0.25) is 0 Å². The number of nitriles is 1. The standard InChI is InChI=1S/C19H19ClN2/c20-18-8-6-16(7-9-18)13-22-14-19(22)11-17(12-21)10-15-4-2-1-3-5-15/h1-9,17,19H,10-11,13-14H2. The molecular formula is C19H19ClN2. The molecule has 0 amide bonds. The third-order valence-corrected chi connectivity index (χ3v) is 4.44. The van der Waals surface area contributed by atoms with Gasteiger partial charge in [-0.1, -0.05) is 54.1 Å². The predicted molar refractivity (Wildman–Crippen MR) is 89.5 cm³/mol. The van der Waals surface area contributed by atoms with E-state index in [-0.39, 0.29) is 5.92 Å². The van der Waals surface area contributed by atoms with Crippen molar-refractivity contribution in [3.8, 4) is 6.07 Å². The highest BCUT2D eigenvalue weighted by molar-refractivity contribution is 6.30. The number of benzene rings is 2. The van der Waals surface area contributed by atoms with Crippen LogP contribution in [0.4, 0.5) is 0 Å². The molecule has 0 bridgehead atoms. The van der Waals surface area contributed by atoms with E-state index >= 15 is 0 Å². The van der Waals surface area contributed by atoms with Gasteiger partial charge >= 0.3 is 0 Å². The van der Waals surface area contributed by atoms with Crippen LogP contribution in [-0.4, -0.2) is 17.5 Å². The summed E-state index contributed by atoms with van der Waals surface area (Å²) in [5.41, 5.74) is 2.53. The van der Waals surface area contributed by atoms with Gasteiger partial charge in [-0.2, -0.15) is 5.26 Å². The number of hydrogen-bond donors (Lipinski definition) is 0. The van der Waals surface area contributed by atoms with E-state index in [1.807, 2.05) is 30.3 Å². The Labute approximate surface area is 136 Å². The van der Waals surface area contributed by atoms with Crippen LogP contribution in [0.1, 0.15) is 17.5 Å². The van der Waals surface area contributed by atoms with Gasteiger partial charge in [-0.25, -0.2) is 0 Å². The Balaban J connectivity index is 1.49. The van der Waals surface area contributed by atoms with Crippen molar-refractivity contribution in [3.63, 3.8) is 0 Å². The number of hydrogen-bond acceptors (Lipinski definition) is 2. The first-order valence-corrected chi connectivity index (χ1v) is 8.04. The van der Waals surface area contributed by atoms with Gasteiger partial charge in [-0.15, -0.1) is 0 Å². The number of nitrogens with zero attached hydrogens (tertiary/aromatic N) is 2. The van der Waals surface area contributed by atoms with E-state index in [4.69, 9.17) is 11.6 Å². The summed E-state index contributed by atoms with van der Waals surface area (Å²) < 4.78 is 0. The molecule has 1 aliphatic rings. The van der Waals surface area contributed by atoms with E-state index in [0.29, 0.717) is 6.04 Å². The molecule has 0 radical (unpaired) electrons. The maximum atomic E-state index is 9.39. The number of halogens is 1. The lowest BCUT2D eigenvalue weighted by Gasteiger charge is -2.09. The van der Waals surface area contributed by atoms with Crippen molar-refractivity contribution < 1.29 is 0 Å². The molecular weight excluding hydrogens is 292 g/mol. The summed E-state index contributed by atoms with van der Waals surface area (Å²) in [6.07, 6.45) is 1.81. The topological polar surface area (TPSA) is 26.8 Å². The molecule has 22 heavy (non-hydrogen) atoms. The first kappa shape index (κ1) is 15.1. The molecule has 0 aliphatic carbocycles. The molecule has 1 heterocycles. The van der Waals surface area contributed by atoms with Crippen molar-refractivity contribution in [2.75, 3.05) is 6.54 Å². The monoisotopic (exact) mass is 310 g/mol. The lowest BCUT2D eigenvalue weighted by atomic mass is 9.96. The highest BCUT2D eigenvalue weighted by atomic mass is 35.5. The van der Waals surface area contributed by atoms with Crippen molar-refractivity contribution in [1.29, 1.82) is 5.26 Å². The second-order valence-electron chi connectivity index (χ2n) is 5.96. The van der Waals surface area contributed by atoms with E-state index in [1.165, 1.54) is 11.1 Å². The maximum absolute atomic E-state index is 9.39. The Bertz CT molecular complexity index is 645. The van der Waals surface area contributed by atoms with Crippen LogP contribution in [0.15, 0.2) is 54.6 Å². The van der Waals surface area contributed by atoms with Crippen LogP contribution in [0.5, 0.6) is 0 Å². The van der Waals surface area contributed by atoms with Crippen LogP contribution >= 0.6 is 11.6 Å². The molecule has 1 fully saturated rings. The molecule has 3 rings (SSSR count). The Morgan fingerprint density at radius 1 is 1.09 bits per heavy atom. The highest BCUT2D eigenvalue weighted by Gasteiger charge is 2.35. The number of rotatable bonds is 6. The van der Waals surface area contributed by atoms with Gasteiger partial charge in [0.15, 0.2) is 0 Å². The molecule has 0 saturated carbocycles. The third-order valence-electron chi connectivity index (χ3n) is 4.19. The average Bonchev–Trinajstić information content (AvgIpc) is 3.27. The van der Waals surface area contributed by atoms with E-state index in [1.54, 1.807) is 0 Å².